The molecule has 2 heterocycles. The van der Waals surface area contributed by atoms with Gasteiger partial charge < -0.3 is 19.7 Å². The van der Waals surface area contributed by atoms with Gasteiger partial charge in [0.2, 0.25) is 0 Å². The number of ether oxygens (including phenoxy) is 2. The van der Waals surface area contributed by atoms with Crippen LogP contribution >= 0.6 is 0 Å². The molecule has 2 aromatic rings. The summed E-state index contributed by atoms with van der Waals surface area (Å²) in [5.41, 5.74) is 0.614. The van der Waals surface area contributed by atoms with Gasteiger partial charge >= 0.3 is 0 Å². The second-order valence-electron chi connectivity index (χ2n) is 7.54. The molecule has 1 fully saturated rings. The molecule has 0 radical (unpaired) electrons. The largest absolute Gasteiger partial charge is 0.490 e. The number of hydrogen-bond acceptors (Lipinski definition) is 5. The number of carbonyl (C=O) groups is 1. The number of hydrogen-bond donors (Lipinski definition) is 1. The second kappa shape index (κ2) is 11.0. The fourth-order valence-electron chi connectivity index (χ4n) is 3.64. The zero-order chi connectivity index (χ0) is 20.5. The Balaban J connectivity index is 1.43. The number of rotatable bonds is 10. The number of aryl methyl sites for hydroxylation is 1. The van der Waals surface area contributed by atoms with E-state index in [1.54, 1.807) is 13.2 Å². The Labute approximate surface area is 173 Å². The molecule has 1 aromatic carbocycles. The molecule has 1 atom stereocenters. The molecule has 1 unspecified atom stereocenters. The number of nitrogens with one attached hydrogen (secondary N) is 1. The molecule has 1 aliphatic rings. The van der Waals surface area contributed by atoms with Crippen molar-refractivity contribution in [2.75, 3.05) is 33.4 Å². The van der Waals surface area contributed by atoms with Crippen molar-refractivity contribution in [1.82, 2.24) is 20.0 Å². The summed E-state index contributed by atoms with van der Waals surface area (Å²) in [5.74, 6) is 0.655. The monoisotopic (exact) mass is 400 g/mol. The van der Waals surface area contributed by atoms with Gasteiger partial charge in [0.1, 0.15) is 11.9 Å². The van der Waals surface area contributed by atoms with Crippen LogP contribution in [0.3, 0.4) is 0 Å². The predicted octanol–water partition coefficient (Wildman–Crippen LogP) is 2.58. The third-order valence-corrected chi connectivity index (χ3v) is 5.43. The quantitative estimate of drug-likeness (QED) is 0.621. The molecule has 3 rings (SSSR count). The molecule has 1 aliphatic heterocycles. The standard InChI is InChI=1S/C22H32N4O3/c1-18(7-15-26-12-4-10-24-26)25-13-8-20(9-14-25)29-21-6-3-5-19(17-21)22(27)23-11-16-28-2/h3-6,10,12,17-18,20H,7-9,11,13-16H2,1-2H3,(H,23,27). The number of likely N-dealkylation sites (tertiary alicyclic amines) is 1. The minimum Gasteiger partial charge on any atom is -0.490 e. The molecule has 0 aliphatic carbocycles. The maximum absolute atomic E-state index is 12.2. The molecule has 1 N–H and O–H groups in total. The van der Waals surface area contributed by atoms with Crippen LogP contribution in [-0.2, 0) is 11.3 Å². The summed E-state index contributed by atoms with van der Waals surface area (Å²) >= 11 is 0. The lowest BCUT2D eigenvalue weighted by atomic mass is 10.0. The Morgan fingerprint density at radius 3 is 2.86 bits per heavy atom. The summed E-state index contributed by atoms with van der Waals surface area (Å²) in [4.78, 5) is 14.7. The van der Waals surface area contributed by atoms with E-state index < -0.39 is 0 Å². The molecule has 29 heavy (non-hydrogen) atoms. The SMILES string of the molecule is COCCNC(=O)c1cccc(OC2CCN(C(C)CCn3cccn3)CC2)c1. The van der Waals surface area contributed by atoms with E-state index in [0.29, 0.717) is 24.8 Å². The number of methoxy groups -OCH3 is 1. The van der Waals surface area contributed by atoms with Gasteiger partial charge in [-0.2, -0.15) is 5.10 Å². The van der Waals surface area contributed by atoms with Crippen molar-refractivity contribution >= 4 is 5.91 Å². The zero-order valence-corrected chi connectivity index (χ0v) is 17.4. The second-order valence-corrected chi connectivity index (χ2v) is 7.54. The first-order valence-electron chi connectivity index (χ1n) is 10.4. The van der Waals surface area contributed by atoms with E-state index in [9.17, 15) is 4.79 Å². The Kier molecular flexibility index (Phi) is 8.07. The Morgan fingerprint density at radius 2 is 2.14 bits per heavy atom. The number of carbonyl (C=O) groups excluding carboxylic acids is 1. The van der Waals surface area contributed by atoms with Crippen molar-refractivity contribution in [3.8, 4) is 5.75 Å². The van der Waals surface area contributed by atoms with Crippen LogP contribution in [0, 0.1) is 0 Å². The molecule has 1 amide bonds. The highest BCUT2D eigenvalue weighted by Crippen LogP contribution is 2.22. The normalized spacial score (nSPS) is 16.5. The fourth-order valence-corrected chi connectivity index (χ4v) is 3.64. The minimum atomic E-state index is -0.103. The van der Waals surface area contributed by atoms with Crippen LogP contribution in [0.1, 0.15) is 36.5 Å². The van der Waals surface area contributed by atoms with E-state index in [0.717, 1.165) is 44.6 Å². The summed E-state index contributed by atoms with van der Waals surface area (Å²) < 4.78 is 13.1. The molecule has 7 heteroatoms. The lowest BCUT2D eigenvalue weighted by Crippen LogP contribution is -2.43. The first-order chi connectivity index (χ1) is 14.2. The molecular weight excluding hydrogens is 368 g/mol. The van der Waals surface area contributed by atoms with Crippen molar-refractivity contribution < 1.29 is 14.3 Å². The van der Waals surface area contributed by atoms with E-state index in [2.05, 4.69) is 22.2 Å². The van der Waals surface area contributed by atoms with Crippen LogP contribution in [0.4, 0.5) is 0 Å². The third kappa shape index (κ3) is 6.58. The smallest absolute Gasteiger partial charge is 0.251 e. The van der Waals surface area contributed by atoms with Crippen LogP contribution in [0.2, 0.25) is 0 Å². The van der Waals surface area contributed by atoms with E-state index in [4.69, 9.17) is 9.47 Å². The van der Waals surface area contributed by atoms with Crippen LogP contribution in [0.5, 0.6) is 5.75 Å². The van der Waals surface area contributed by atoms with Gasteiger partial charge in [-0.25, -0.2) is 0 Å². The lowest BCUT2D eigenvalue weighted by molar-refractivity contribution is 0.0757. The topological polar surface area (TPSA) is 68.6 Å². The van der Waals surface area contributed by atoms with Gasteiger partial charge in [-0.15, -0.1) is 0 Å². The molecule has 0 bridgehead atoms. The van der Waals surface area contributed by atoms with Crippen LogP contribution in [-0.4, -0.2) is 66.1 Å². The molecular formula is C22H32N4O3. The van der Waals surface area contributed by atoms with Crippen molar-refractivity contribution in [2.45, 2.75) is 44.9 Å². The number of nitrogens with zero attached hydrogens (tertiary/aromatic N) is 3. The van der Waals surface area contributed by atoms with E-state index in [-0.39, 0.29) is 12.0 Å². The highest BCUT2D eigenvalue weighted by molar-refractivity contribution is 5.94. The van der Waals surface area contributed by atoms with E-state index in [1.165, 1.54) is 0 Å². The molecule has 1 saturated heterocycles. The van der Waals surface area contributed by atoms with Gasteiger partial charge in [0.25, 0.3) is 5.91 Å². The lowest BCUT2D eigenvalue weighted by Gasteiger charge is -2.36. The Bertz CT molecular complexity index is 742. The minimum absolute atomic E-state index is 0.103. The summed E-state index contributed by atoms with van der Waals surface area (Å²) in [6.07, 6.45) is 7.11. The number of aromatic nitrogens is 2. The van der Waals surface area contributed by atoms with Crippen molar-refractivity contribution in [2.24, 2.45) is 0 Å². The maximum Gasteiger partial charge on any atom is 0.251 e. The summed E-state index contributed by atoms with van der Waals surface area (Å²) in [7, 11) is 1.62. The number of benzene rings is 1. The summed E-state index contributed by atoms with van der Waals surface area (Å²) in [6, 6.07) is 9.91. The van der Waals surface area contributed by atoms with Crippen LogP contribution in [0.25, 0.3) is 0 Å². The fraction of sp³-hybridized carbons (Fsp3) is 0.545. The van der Waals surface area contributed by atoms with Crippen molar-refractivity contribution in [1.29, 1.82) is 0 Å². The average Bonchev–Trinajstić information content (AvgIpc) is 3.26. The highest BCUT2D eigenvalue weighted by Gasteiger charge is 2.24. The molecule has 158 valence electrons. The average molecular weight is 401 g/mol. The molecule has 0 spiro atoms. The van der Waals surface area contributed by atoms with Crippen LogP contribution in [0.15, 0.2) is 42.7 Å². The maximum atomic E-state index is 12.2. The van der Waals surface area contributed by atoms with Gasteiger partial charge in [0, 0.05) is 57.3 Å². The summed E-state index contributed by atoms with van der Waals surface area (Å²) in [5, 5.41) is 7.11. The zero-order valence-electron chi connectivity index (χ0n) is 17.4. The highest BCUT2D eigenvalue weighted by atomic mass is 16.5. The Morgan fingerprint density at radius 1 is 1.31 bits per heavy atom. The van der Waals surface area contributed by atoms with Gasteiger partial charge in [-0.3, -0.25) is 9.48 Å². The van der Waals surface area contributed by atoms with Gasteiger partial charge in [-0.05, 0) is 50.5 Å². The number of piperidine rings is 1. The Hall–Kier alpha value is -2.38. The van der Waals surface area contributed by atoms with E-state index in [1.807, 2.05) is 41.3 Å². The van der Waals surface area contributed by atoms with Crippen molar-refractivity contribution in [3.63, 3.8) is 0 Å². The molecule has 1 aromatic heterocycles. The van der Waals surface area contributed by atoms with E-state index >= 15 is 0 Å². The van der Waals surface area contributed by atoms with Gasteiger partial charge in [-0.1, -0.05) is 6.07 Å². The molecule has 0 saturated carbocycles. The number of amides is 1. The first kappa shape index (κ1) is 21.3. The van der Waals surface area contributed by atoms with Crippen molar-refractivity contribution in [3.05, 3.63) is 48.3 Å². The first-order valence-corrected chi connectivity index (χ1v) is 10.4. The van der Waals surface area contributed by atoms with Gasteiger partial charge in [0.05, 0.1) is 6.61 Å². The predicted molar refractivity (Wildman–Crippen MR) is 112 cm³/mol. The van der Waals surface area contributed by atoms with Crippen LogP contribution < -0.4 is 10.1 Å². The third-order valence-electron chi connectivity index (χ3n) is 5.43. The van der Waals surface area contributed by atoms with Gasteiger partial charge in [0.15, 0.2) is 0 Å². The molecule has 7 nitrogen and oxygen atoms in total. The summed E-state index contributed by atoms with van der Waals surface area (Å²) in [6.45, 7) is 6.29.